The van der Waals surface area contributed by atoms with Crippen molar-refractivity contribution in [3.05, 3.63) is 100 Å². The Kier molecular flexibility index (Phi) is 6.73. The molecule has 0 saturated heterocycles. The minimum Gasteiger partial charge on any atom is -0.391 e. The van der Waals surface area contributed by atoms with E-state index in [0.29, 0.717) is 21.3 Å². The average molecular weight is 434 g/mol. The molecule has 0 aliphatic rings. The zero-order chi connectivity index (χ0) is 20.0. The Morgan fingerprint density at radius 3 is 2.00 bits per heavy atom. The van der Waals surface area contributed by atoms with Crippen LogP contribution in [0.25, 0.3) is 0 Å². The number of halogens is 2. The highest BCUT2D eigenvalue weighted by Gasteiger charge is 2.19. The molecule has 0 atom stereocenters. The summed E-state index contributed by atoms with van der Waals surface area (Å²) in [6.45, 7) is 0.203. The lowest BCUT2D eigenvalue weighted by atomic mass is 10.1. The van der Waals surface area contributed by atoms with Crippen LogP contribution in [0, 0.1) is 0 Å². The maximum absolute atomic E-state index is 12.8. The molecule has 0 aliphatic carbocycles. The summed E-state index contributed by atoms with van der Waals surface area (Å²) in [6.07, 6.45) is 0. The SMILES string of the molecule is O=S(=O)(CC(=NOCc1ccc(Cl)cc1)c1ccccc1)c1ccc(Cl)cc1. The summed E-state index contributed by atoms with van der Waals surface area (Å²) in [6, 6.07) is 22.3. The molecule has 7 heteroatoms. The van der Waals surface area contributed by atoms with Crippen LogP contribution in [0.1, 0.15) is 11.1 Å². The molecule has 4 nitrogen and oxygen atoms in total. The number of rotatable bonds is 7. The van der Waals surface area contributed by atoms with E-state index in [4.69, 9.17) is 28.0 Å². The van der Waals surface area contributed by atoms with Gasteiger partial charge in [0.05, 0.1) is 4.90 Å². The molecule has 3 aromatic rings. The summed E-state index contributed by atoms with van der Waals surface area (Å²) in [4.78, 5) is 5.62. The highest BCUT2D eigenvalue weighted by atomic mass is 35.5. The van der Waals surface area contributed by atoms with Gasteiger partial charge in [-0.25, -0.2) is 8.42 Å². The van der Waals surface area contributed by atoms with Gasteiger partial charge in [0.25, 0.3) is 0 Å². The summed E-state index contributed by atoms with van der Waals surface area (Å²) in [5.74, 6) is -0.292. The Labute approximate surface area is 174 Å². The maximum Gasteiger partial charge on any atom is 0.184 e. The summed E-state index contributed by atoms with van der Waals surface area (Å²) in [5, 5.41) is 5.22. The quantitative estimate of drug-likeness (QED) is 0.370. The highest BCUT2D eigenvalue weighted by Crippen LogP contribution is 2.17. The molecule has 0 spiro atoms. The molecule has 0 amide bonds. The monoisotopic (exact) mass is 433 g/mol. The molecule has 0 radical (unpaired) electrons. The maximum atomic E-state index is 12.8. The molecule has 3 rings (SSSR count). The van der Waals surface area contributed by atoms with E-state index in [1.165, 1.54) is 12.1 Å². The van der Waals surface area contributed by atoms with Gasteiger partial charge in [0, 0.05) is 15.6 Å². The van der Waals surface area contributed by atoms with Gasteiger partial charge in [-0.3, -0.25) is 0 Å². The molecule has 0 aromatic heterocycles. The largest absolute Gasteiger partial charge is 0.391 e. The lowest BCUT2D eigenvalue weighted by Gasteiger charge is -2.09. The fourth-order valence-electron chi connectivity index (χ4n) is 2.46. The van der Waals surface area contributed by atoms with Crippen molar-refractivity contribution in [3.63, 3.8) is 0 Å². The highest BCUT2D eigenvalue weighted by molar-refractivity contribution is 7.92. The third kappa shape index (κ3) is 5.58. The number of sulfone groups is 1. The third-order valence-corrected chi connectivity index (χ3v) is 6.07. The van der Waals surface area contributed by atoms with E-state index >= 15 is 0 Å². The van der Waals surface area contributed by atoms with Gasteiger partial charge >= 0.3 is 0 Å². The molecular formula is C21H17Cl2NO3S. The lowest BCUT2D eigenvalue weighted by molar-refractivity contribution is 0.130. The van der Waals surface area contributed by atoms with Gasteiger partial charge < -0.3 is 4.84 Å². The van der Waals surface area contributed by atoms with Crippen molar-refractivity contribution in [2.75, 3.05) is 5.75 Å². The van der Waals surface area contributed by atoms with E-state index in [1.54, 1.807) is 36.4 Å². The number of benzene rings is 3. The predicted octanol–water partition coefficient (Wildman–Crippen LogP) is 5.39. The van der Waals surface area contributed by atoms with E-state index in [-0.39, 0.29) is 17.3 Å². The number of hydrogen-bond acceptors (Lipinski definition) is 4. The second kappa shape index (κ2) is 9.24. The Balaban J connectivity index is 1.82. The average Bonchev–Trinajstić information content (AvgIpc) is 2.69. The minimum absolute atomic E-state index is 0.179. The zero-order valence-corrected chi connectivity index (χ0v) is 17.1. The molecule has 0 heterocycles. The Morgan fingerprint density at radius 1 is 0.821 bits per heavy atom. The first-order valence-electron chi connectivity index (χ1n) is 8.41. The van der Waals surface area contributed by atoms with Crippen molar-refractivity contribution in [3.8, 4) is 0 Å². The number of oxime groups is 1. The number of hydrogen-bond donors (Lipinski definition) is 0. The second-order valence-corrected chi connectivity index (χ2v) is 8.88. The van der Waals surface area contributed by atoms with Gasteiger partial charge in [0.15, 0.2) is 9.84 Å². The van der Waals surface area contributed by atoms with Gasteiger partial charge in [-0.15, -0.1) is 0 Å². The lowest BCUT2D eigenvalue weighted by Crippen LogP contribution is -2.18. The summed E-state index contributed by atoms with van der Waals surface area (Å²) < 4.78 is 25.6. The van der Waals surface area contributed by atoms with Gasteiger partial charge in [-0.2, -0.15) is 0 Å². The van der Waals surface area contributed by atoms with Crippen molar-refractivity contribution in [1.82, 2.24) is 0 Å². The molecule has 0 fully saturated rings. The first kappa shape index (κ1) is 20.4. The van der Waals surface area contributed by atoms with Crippen LogP contribution < -0.4 is 0 Å². The topological polar surface area (TPSA) is 55.7 Å². The Bertz CT molecular complexity index is 1050. The van der Waals surface area contributed by atoms with Crippen LogP contribution in [0.5, 0.6) is 0 Å². The molecule has 0 aliphatic heterocycles. The Hall–Kier alpha value is -2.34. The molecule has 0 bridgehead atoms. The van der Waals surface area contributed by atoms with Crippen LogP contribution in [-0.2, 0) is 21.3 Å². The first-order chi connectivity index (χ1) is 13.4. The minimum atomic E-state index is -3.61. The van der Waals surface area contributed by atoms with Crippen molar-refractivity contribution < 1.29 is 13.3 Å². The molecule has 28 heavy (non-hydrogen) atoms. The van der Waals surface area contributed by atoms with E-state index in [0.717, 1.165) is 5.56 Å². The molecule has 3 aromatic carbocycles. The standard InChI is InChI=1S/C21H17Cl2NO3S/c22-18-8-6-16(7-9-18)14-27-24-21(17-4-2-1-3-5-17)15-28(25,26)20-12-10-19(23)11-13-20/h1-13H,14-15H2. The van der Waals surface area contributed by atoms with Crippen molar-refractivity contribution in [1.29, 1.82) is 0 Å². The van der Waals surface area contributed by atoms with Gasteiger partial charge in [-0.1, -0.05) is 70.8 Å². The van der Waals surface area contributed by atoms with E-state index in [2.05, 4.69) is 5.16 Å². The predicted molar refractivity (Wildman–Crippen MR) is 113 cm³/mol. The van der Waals surface area contributed by atoms with Gasteiger partial charge in [-0.05, 0) is 42.0 Å². The van der Waals surface area contributed by atoms with Crippen LogP contribution in [0.15, 0.2) is 88.9 Å². The second-order valence-electron chi connectivity index (χ2n) is 6.02. The van der Waals surface area contributed by atoms with E-state index in [1.807, 2.05) is 30.3 Å². The van der Waals surface area contributed by atoms with E-state index in [9.17, 15) is 8.42 Å². The molecule has 0 unspecified atom stereocenters. The molecule has 0 N–H and O–H groups in total. The van der Waals surface area contributed by atoms with Crippen LogP contribution >= 0.6 is 23.2 Å². The smallest absolute Gasteiger partial charge is 0.184 e. The van der Waals surface area contributed by atoms with Gasteiger partial charge in [0.1, 0.15) is 18.1 Å². The molecular weight excluding hydrogens is 417 g/mol. The number of nitrogens with zero attached hydrogens (tertiary/aromatic N) is 1. The fourth-order valence-corrected chi connectivity index (χ4v) is 4.01. The summed E-state index contributed by atoms with van der Waals surface area (Å²) >= 11 is 11.7. The van der Waals surface area contributed by atoms with Crippen molar-refractivity contribution in [2.45, 2.75) is 11.5 Å². The van der Waals surface area contributed by atoms with Gasteiger partial charge in [0.2, 0.25) is 0 Å². The van der Waals surface area contributed by atoms with E-state index < -0.39 is 9.84 Å². The van der Waals surface area contributed by atoms with Crippen LogP contribution in [0.2, 0.25) is 10.0 Å². The van der Waals surface area contributed by atoms with Crippen LogP contribution in [0.4, 0.5) is 0 Å². The third-order valence-electron chi connectivity index (χ3n) is 3.93. The summed E-state index contributed by atoms with van der Waals surface area (Å²) in [7, 11) is -3.61. The van der Waals surface area contributed by atoms with Crippen molar-refractivity contribution >= 4 is 38.8 Å². The Morgan fingerprint density at radius 2 is 1.39 bits per heavy atom. The molecule has 144 valence electrons. The van der Waals surface area contributed by atoms with Crippen LogP contribution in [0.3, 0.4) is 0 Å². The summed E-state index contributed by atoms with van der Waals surface area (Å²) in [5.41, 5.74) is 1.88. The fraction of sp³-hybridized carbons (Fsp3) is 0.0952. The normalized spacial score (nSPS) is 12.0. The zero-order valence-electron chi connectivity index (χ0n) is 14.8. The van der Waals surface area contributed by atoms with Crippen molar-refractivity contribution in [2.24, 2.45) is 5.16 Å². The van der Waals surface area contributed by atoms with Crippen LogP contribution in [-0.4, -0.2) is 19.9 Å². The first-order valence-corrected chi connectivity index (χ1v) is 10.8. The molecule has 0 saturated carbocycles.